The molecule has 3 aromatic rings. The van der Waals surface area contributed by atoms with Crippen LogP contribution in [0.25, 0.3) is 17.0 Å². The van der Waals surface area contributed by atoms with E-state index in [0.29, 0.717) is 17.1 Å². The van der Waals surface area contributed by atoms with Crippen molar-refractivity contribution in [2.75, 3.05) is 6.61 Å². The Hall–Kier alpha value is -3.52. The molecule has 122 valence electrons. The predicted molar refractivity (Wildman–Crippen MR) is 93.4 cm³/mol. The van der Waals surface area contributed by atoms with Gasteiger partial charge in [-0.05, 0) is 24.3 Å². The first-order chi connectivity index (χ1) is 12.2. The summed E-state index contributed by atoms with van der Waals surface area (Å²) in [6.07, 6.45) is 3.74. The molecule has 5 heteroatoms. The van der Waals surface area contributed by atoms with Crippen LogP contribution in [0.15, 0.2) is 54.4 Å². The van der Waals surface area contributed by atoms with Crippen molar-refractivity contribution >= 4 is 22.8 Å². The van der Waals surface area contributed by atoms with Crippen molar-refractivity contribution < 1.29 is 14.3 Å². The van der Waals surface area contributed by atoms with E-state index >= 15 is 0 Å². The topological polar surface area (TPSA) is 64.2 Å². The van der Waals surface area contributed by atoms with E-state index in [-0.39, 0.29) is 18.1 Å². The Balaban J connectivity index is 1.71. The second-order valence-electron chi connectivity index (χ2n) is 5.76. The number of para-hydroxylation sites is 1. The number of carbonyl (C=O) groups is 1. The summed E-state index contributed by atoms with van der Waals surface area (Å²) in [6.45, 7) is -0.0502. The zero-order valence-electron chi connectivity index (χ0n) is 13.5. The van der Waals surface area contributed by atoms with Gasteiger partial charge in [0.25, 0.3) is 0 Å². The normalized spacial score (nSPS) is 14.4. The van der Waals surface area contributed by atoms with Crippen molar-refractivity contribution in [1.82, 2.24) is 4.57 Å². The van der Waals surface area contributed by atoms with Gasteiger partial charge in [-0.15, -0.1) is 0 Å². The molecule has 0 fully saturated rings. The highest BCUT2D eigenvalue weighted by molar-refractivity contribution is 6.15. The average molecular weight is 330 g/mol. The first kappa shape index (κ1) is 15.0. The van der Waals surface area contributed by atoms with Crippen LogP contribution in [0.3, 0.4) is 0 Å². The Labute approximate surface area is 144 Å². The average Bonchev–Trinajstić information content (AvgIpc) is 3.11. The molecule has 0 unspecified atom stereocenters. The number of allylic oxidation sites excluding steroid dienone is 1. The van der Waals surface area contributed by atoms with Gasteiger partial charge >= 0.3 is 0 Å². The van der Waals surface area contributed by atoms with Gasteiger partial charge in [-0.1, -0.05) is 18.2 Å². The zero-order chi connectivity index (χ0) is 17.4. The molecule has 1 aliphatic heterocycles. The first-order valence-electron chi connectivity index (χ1n) is 7.79. The van der Waals surface area contributed by atoms with E-state index in [0.717, 1.165) is 16.5 Å². The van der Waals surface area contributed by atoms with Gasteiger partial charge in [-0.3, -0.25) is 4.79 Å². The Morgan fingerprint density at radius 2 is 2.12 bits per heavy atom. The third-order valence-corrected chi connectivity index (χ3v) is 4.16. The summed E-state index contributed by atoms with van der Waals surface area (Å²) >= 11 is 0. The number of rotatable bonds is 3. The Bertz CT molecular complexity index is 1070. The predicted octanol–water partition coefficient (Wildman–Crippen LogP) is 3.70. The summed E-state index contributed by atoms with van der Waals surface area (Å²) in [5.41, 5.74) is 2.51. The SMILES string of the molecule is Cn1cc(/C=C2\Oc3cc(OCC#N)ccc3C2=O)c2ccccc21. The van der Waals surface area contributed by atoms with Gasteiger partial charge in [0.2, 0.25) is 5.78 Å². The molecule has 2 aromatic carbocycles. The van der Waals surface area contributed by atoms with Crippen molar-refractivity contribution in [2.24, 2.45) is 7.05 Å². The summed E-state index contributed by atoms with van der Waals surface area (Å²) in [5.74, 6) is 1.07. The smallest absolute Gasteiger partial charge is 0.231 e. The molecule has 1 aliphatic rings. The van der Waals surface area contributed by atoms with E-state index < -0.39 is 0 Å². The molecule has 0 spiro atoms. The highest BCUT2D eigenvalue weighted by Gasteiger charge is 2.28. The molecule has 0 saturated carbocycles. The maximum absolute atomic E-state index is 12.6. The fraction of sp³-hybridized carbons (Fsp3) is 0.100. The third-order valence-electron chi connectivity index (χ3n) is 4.16. The number of nitrogens with zero attached hydrogens (tertiary/aromatic N) is 2. The van der Waals surface area contributed by atoms with Crippen LogP contribution in [0.2, 0.25) is 0 Å². The van der Waals surface area contributed by atoms with E-state index in [2.05, 4.69) is 0 Å². The summed E-state index contributed by atoms with van der Waals surface area (Å²) in [7, 11) is 1.97. The fourth-order valence-electron chi connectivity index (χ4n) is 3.00. The van der Waals surface area contributed by atoms with Gasteiger partial charge in [0.05, 0.1) is 5.56 Å². The summed E-state index contributed by atoms with van der Waals surface area (Å²) in [6, 6.07) is 14.9. The van der Waals surface area contributed by atoms with Gasteiger partial charge in [0.1, 0.15) is 17.6 Å². The van der Waals surface area contributed by atoms with E-state index in [9.17, 15) is 4.79 Å². The number of ketones is 1. The number of nitriles is 1. The second-order valence-corrected chi connectivity index (χ2v) is 5.76. The van der Waals surface area contributed by atoms with Gasteiger partial charge in [-0.25, -0.2) is 0 Å². The molecule has 0 N–H and O–H groups in total. The first-order valence-corrected chi connectivity index (χ1v) is 7.79. The lowest BCUT2D eigenvalue weighted by atomic mass is 10.1. The van der Waals surface area contributed by atoms with E-state index in [1.807, 2.05) is 48.1 Å². The van der Waals surface area contributed by atoms with E-state index in [1.165, 1.54) is 0 Å². The van der Waals surface area contributed by atoms with Crippen molar-refractivity contribution in [2.45, 2.75) is 0 Å². The lowest BCUT2D eigenvalue weighted by molar-refractivity contribution is 0.101. The molecule has 0 atom stereocenters. The zero-order valence-corrected chi connectivity index (χ0v) is 13.5. The number of ether oxygens (including phenoxy) is 2. The van der Waals surface area contributed by atoms with Gasteiger partial charge in [-0.2, -0.15) is 5.26 Å². The molecule has 0 saturated heterocycles. The molecule has 5 nitrogen and oxygen atoms in total. The summed E-state index contributed by atoms with van der Waals surface area (Å²) < 4.78 is 13.0. The number of carbonyl (C=O) groups excluding carboxylic acids is 1. The van der Waals surface area contributed by atoms with E-state index in [4.69, 9.17) is 14.7 Å². The quantitative estimate of drug-likeness (QED) is 0.687. The maximum atomic E-state index is 12.6. The van der Waals surface area contributed by atoms with E-state index in [1.54, 1.807) is 24.3 Å². The molecule has 25 heavy (non-hydrogen) atoms. The van der Waals surface area contributed by atoms with Gasteiger partial charge in [0.15, 0.2) is 12.4 Å². The lowest BCUT2D eigenvalue weighted by Gasteiger charge is -2.02. The molecule has 1 aromatic heterocycles. The van der Waals surface area contributed by atoms with Crippen LogP contribution in [0.1, 0.15) is 15.9 Å². The summed E-state index contributed by atoms with van der Waals surface area (Å²) in [5, 5.41) is 9.64. The van der Waals surface area contributed by atoms with Gasteiger partial charge in [0, 0.05) is 35.8 Å². The standard InChI is InChI=1S/C20H14N2O3/c1-22-12-13(15-4-2-3-5-17(15)22)10-19-20(23)16-7-6-14(24-9-8-21)11-18(16)25-19/h2-7,10-12H,9H2,1H3/b19-10-. The number of benzene rings is 2. The molecular weight excluding hydrogens is 316 g/mol. The van der Waals surface area contributed by atoms with Crippen LogP contribution < -0.4 is 9.47 Å². The van der Waals surface area contributed by atoms with Crippen molar-refractivity contribution in [1.29, 1.82) is 5.26 Å². The van der Waals surface area contributed by atoms with Crippen LogP contribution in [-0.2, 0) is 7.05 Å². The van der Waals surface area contributed by atoms with Crippen LogP contribution in [0.5, 0.6) is 11.5 Å². The number of fused-ring (bicyclic) bond motifs is 2. The Kier molecular flexibility index (Phi) is 3.51. The molecule has 4 rings (SSSR count). The highest BCUT2D eigenvalue weighted by Crippen LogP contribution is 2.35. The minimum Gasteiger partial charge on any atom is -0.479 e. The largest absolute Gasteiger partial charge is 0.479 e. The highest BCUT2D eigenvalue weighted by atomic mass is 16.5. The fourth-order valence-corrected chi connectivity index (χ4v) is 3.00. The lowest BCUT2D eigenvalue weighted by Crippen LogP contribution is -1.97. The summed E-state index contributed by atoms with van der Waals surface area (Å²) in [4.78, 5) is 12.6. The van der Waals surface area contributed by atoms with Crippen LogP contribution in [-0.4, -0.2) is 17.0 Å². The van der Waals surface area contributed by atoms with Gasteiger partial charge < -0.3 is 14.0 Å². The number of hydrogen-bond donors (Lipinski definition) is 0. The molecule has 0 aliphatic carbocycles. The van der Waals surface area contributed by atoms with Crippen LogP contribution in [0, 0.1) is 11.3 Å². The van der Waals surface area contributed by atoms with Crippen LogP contribution >= 0.6 is 0 Å². The molecule has 0 bridgehead atoms. The van der Waals surface area contributed by atoms with Crippen molar-refractivity contribution in [3.8, 4) is 17.6 Å². The number of aromatic nitrogens is 1. The molecule has 0 radical (unpaired) electrons. The second kappa shape index (κ2) is 5.84. The molecular formula is C20H14N2O3. The van der Waals surface area contributed by atoms with Crippen molar-refractivity contribution in [3.05, 3.63) is 65.5 Å². The monoisotopic (exact) mass is 330 g/mol. The minimum absolute atomic E-state index is 0.0502. The number of aryl methyl sites for hydroxylation is 1. The minimum atomic E-state index is -0.158. The Morgan fingerprint density at radius 3 is 2.96 bits per heavy atom. The van der Waals surface area contributed by atoms with Crippen LogP contribution in [0.4, 0.5) is 0 Å². The van der Waals surface area contributed by atoms with Crippen molar-refractivity contribution in [3.63, 3.8) is 0 Å². The maximum Gasteiger partial charge on any atom is 0.231 e. The third kappa shape index (κ3) is 2.54. The number of Topliss-reactive ketones (excluding diaryl/α,β-unsaturated/α-hetero) is 1. The number of hydrogen-bond acceptors (Lipinski definition) is 4. The molecule has 0 amide bonds. The molecule has 2 heterocycles. The Morgan fingerprint density at radius 1 is 1.28 bits per heavy atom.